The number of amides is 1. The summed E-state index contributed by atoms with van der Waals surface area (Å²) in [6.07, 6.45) is 1.91. The van der Waals surface area contributed by atoms with Crippen LogP contribution in [0.4, 0.5) is 5.69 Å². The van der Waals surface area contributed by atoms with Gasteiger partial charge in [0.1, 0.15) is 11.5 Å². The third-order valence-electron chi connectivity index (χ3n) is 5.97. The van der Waals surface area contributed by atoms with Gasteiger partial charge < -0.3 is 9.80 Å². The minimum atomic E-state index is -0.110. The molecule has 0 atom stereocenters. The number of anilines is 1. The number of rotatable bonds is 3. The summed E-state index contributed by atoms with van der Waals surface area (Å²) in [5, 5.41) is 0.610. The van der Waals surface area contributed by atoms with Gasteiger partial charge in [0.05, 0.1) is 17.9 Å². The zero-order valence-corrected chi connectivity index (χ0v) is 18.2. The van der Waals surface area contributed by atoms with Gasteiger partial charge in [-0.3, -0.25) is 14.7 Å². The van der Waals surface area contributed by atoms with E-state index in [4.69, 9.17) is 21.6 Å². The molecule has 0 saturated carbocycles. The number of likely N-dealkylation sites (N-methyl/N-ethyl adjacent to an activating group) is 1. The summed E-state index contributed by atoms with van der Waals surface area (Å²) in [6.45, 7) is 7.37. The molecular weight excluding hydrogens is 410 g/mol. The molecule has 1 amide bonds. The Hall–Kier alpha value is -2.96. The fraction of sp³-hybridized carbons (Fsp3) is 0.292. The number of hydrogen-bond acceptors (Lipinski definition) is 5. The Bertz CT molecular complexity index is 1100. The van der Waals surface area contributed by atoms with Crippen molar-refractivity contribution in [3.63, 3.8) is 0 Å². The first-order valence-electron chi connectivity index (χ1n) is 10.6. The molecule has 0 aliphatic carbocycles. The zero-order chi connectivity index (χ0) is 21.4. The van der Waals surface area contributed by atoms with Crippen LogP contribution < -0.4 is 4.90 Å². The first-order chi connectivity index (χ1) is 15.1. The number of carbonyl (C=O) groups is 1. The molecule has 6 nitrogen and oxygen atoms in total. The summed E-state index contributed by atoms with van der Waals surface area (Å²) in [5.74, 6) is 0.541. The third-order valence-corrected chi connectivity index (χ3v) is 6.20. The van der Waals surface area contributed by atoms with Crippen molar-refractivity contribution in [3.05, 3.63) is 76.6 Å². The van der Waals surface area contributed by atoms with E-state index in [1.165, 1.54) is 0 Å². The van der Waals surface area contributed by atoms with E-state index in [2.05, 4.69) is 16.7 Å². The number of aliphatic imine (C=N–C) groups is 2. The van der Waals surface area contributed by atoms with Gasteiger partial charge in [-0.1, -0.05) is 48.9 Å². The molecule has 31 heavy (non-hydrogen) atoms. The van der Waals surface area contributed by atoms with Crippen LogP contribution in [-0.2, 0) is 4.79 Å². The van der Waals surface area contributed by atoms with Crippen molar-refractivity contribution >= 4 is 34.7 Å². The molecule has 0 N–H and O–H groups in total. The number of benzene rings is 2. The topological polar surface area (TPSA) is 51.5 Å². The van der Waals surface area contributed by atoms with Crippen molar-refractivity contribution in [1.29, 1.82) is 0 Å². The first kappa shape index (κ1) is 20.0. The number of piperazine rings is 1. The monoisotopic (exact) mass is 433 g/mol. The lowest BCUT2D eigenvalue weighted by Crippen LogP contribution is -2.44. The van der Waals surface area contributed by atoms with Crippen LogP contribution in [0.5, 0.6) is 0 Å². The molecule has 7 heteroatoms. The Labute approximate surface area is 187 Å². The average molecular weight is 434 g/mol. The Kier molecular flexibility index (Phi) is 5.34. The maximum Gasteiger partial charge on any atom is 0.284 e. The van der Waals surface area contributed by atoms with E-state index in [-0.39, 0.29) is 5.91 Å². The molecular formula is C24H24ClN5O. The van der Waals surface area contributed by atoms with Crippen molar-refractivity contribution < 1.29 is 4.79 Å². The van der Waals surface area contributed by atoms with Crippen LogP contribution in [0.2, 0.25) is 5.02 Å². The van der Waals surface area contributed by atoms with E-state index in [0.717, 1.165) is 55.2 Å². The normalized spacial score (nSPS) is 20.3. The molecule has 3 aliphatic rings. The highest BCUT2D eigenvalue weighted by atomic mass is 35.5. The summed E-state index contributed by atoms with van der Waals surface area (Å²) in [7, 11) is 0. The average Bonchev–Trinajstić information content (AvgIpc) is 3.00. The molecule has 1 fully saturated rings. The maximum absolute atomic E-state index is 13.4. The van der Waals surface area contributed by atoms with Gasteiger partial charge in [-0.15, -0.1) is 0 Å². The van der Waals surface area contributed by atoms with Gasteiger partial charge in [-0.05, 0) is 24.7 Å². The Morgan fingerprint density at radius 3 is 2.58 bits per heavy atom. The van der Waals surface area contributed by atoms with Crippen LogP contribution >= 0.6 is 11.6 Å². The van der Waals surface area contributed by atoms with Gasteiger partial charge in [0.2, 0.25) is 0 Å². The zero-order valence-electron chi connectivity index (χ0n) is 17.5. The quantitative estimate of drug-likeness (QED) is 0.697. The lowest BCUT2D eigenvalue weighted by atomic mass is 10.00. The first-order valence-corrected chi connectivity index (χ1v) is 11.0. The SMILES string of the molecule is CCN1CCN(/C=C2/N=C3CN=C(c4ccccc4)c4cc(Cl)ccc4N3C2=O)CC1. The van der Waals surface area contributed by atoms with E-state index >= 15 is 0 Å². The van der Waals surface area contributed by atoms with E-state index in [1.54, 1.807) is 4.90 Å². The molecule has 0 bridgehead atoms. The minimum Gasteiger partial charge on any atom is -0.373 e. The molecule has 1 saturated heterocycles. The van der Waals surface area contributed by atoms with E-state index in [9.17, 15) is 4.79 Å². The summed E-state index contributed by atoms with van der Waals surface area (Å²) in [6, 6.07) is 15.6. The maximum atomic E-state index is 13.4. The number of amidine groups is 1. The fourth-order valence-corrected chi connectivity index (χ4v) is 4.43. The van der Waals surface area contributed by atoms with Gasteiger partial charge >= 0.3 is 0 Å². The predicted molar refractivity (Wildman–Crippen MR) is 125 cm³/mol. The fourth-order valence-electron chi connectivity index (χ4n) is 4.26. The molecule has 3 aliphatic heterocycles. The number of halogens is 1. The standard InChI is InChI=1S/C24H24ClN5O/c1-2-28-10-12-29(13-11-28)16-20-24(31)30-21-9-8-18(25)14-19(21)23(26-15-22(30)27-20)17-6-4-3-5-7-17/h3-9,14,16H,2,10-13,15H2,1H3/b20-16+. The highest BCUT2D eigenvalue weighted by Crippen LogP contribution is 2.33. The largest absolute Gasteiger partial charge is 0.373 e. The summed E-state index contributed by atoms with van der Waals surface area (Å²) >= 11 is 6.33. The van der Waals surface area contributed by atoms with Crippen molar-refractivity contribution in [1.82, 2.24) is 9.80 Å². The molecule has 0 radical (unpaired) electrons. The molecule has 5 rings (SSSR count). The van der Waals surface area contributed by atoms with Gasteiger partial charge in [0, 0.05) is 48.5 Å². The highest BCUT2D eigenvalue weighted by Gasteiger charge is 2.36. The highest BCUT2D eigenvalue weighted by molar-refractivity contribution is 6.34. The number of nitrogens with zero attached hydrogens (tertiary/aromatic N) is 5. The predicted octanol–water partition coefficient (Wildman–Crippen LogP) is 3.42. The molecule has 158 valence electrons. The van der Waals surface area contributed by atoms with Crippen LogP contribution in [-0.4, -0.2) is 66.5 Å². The second-order valence-corrected chi connectivity index (χ2v) is 8.28. The van der Waals surface area contributed by atoms with Gasteiger partial charge in [0.15, 0.2) is 0 Å². The van der Waals surface area contributed by atoms with Gasteiger partial charge in [-0.25, -0.2) is 4.99 Å². The van der Waals surface area contributed by atoms with E-state index < -0.39 is 0 Å². The van der Waals surface area contributed by atoms with Crippen molar-refractivity contribution in [2.24, 2.45) is 9.98 Å². The minimum absolute atomic E-state index is 0.110. The van der Waals surface area contributed by atoms with Crippen molar-refractivity contribution in [3.8, 4) is 0 Å². The number of carbonyl (C=O) groups excluding carboxylic acids is 1. The molecule has 2 aromatic carbocycles. The molecule has 0 unspecified atom stereocenters. The Morgan fingerprint density at radius 1 is 1.06 bits per heavy atom. The lowest BCUT2D eigenvalue weighted by molar-refractivity contribution is -0.114. The Morgan fingerprint density at radius 2 is 1.84 bits per heavy atom. The van der Waals surface area contributed by atoms with Gasteiger partial charge in [-0.2, -0.15) is 0 Å². The van der Waals surface area contributed by atoms with Crippen LogP contribution in [0.3, 0.4) is 0 Å². The third kappa shape index (κ3) is 3.77. The Balaban J connectivity index is 1.52. The van der Waals surface area contributed by atoms with Crippen LogP contribution in [0.1, 0.15) is 18.1 Å². The lowest BCUT2D eigenvalue weighted by Gasteiger charge is -2.33. The second kappa shape index (κ2) is 8.29. The number of fused-ring (bicyclic) bond motifs is 3. The molecule has 2 aromatic rings. The summed E-state index contributed by atoms with van der Waals surface area (Å²) < 4.78 is 0. The van der Waals surface area contributed by atoms with E-state index in [1.807, 2.05) is 54.7 Å². The van der Waals surface area contributed by atoms with E-state index in [0.29, 0.717) is 23.1 Å². The number of hydrogen-bond donors (Lipinski definition) is 0. The van der Waals surface area contributed by atoms with Gasteiger partial charge in [0.25, 0.3) is 5.91 Å². The second-order valence-electron chi connectivity index (χ2n) is 7.85. The molecule has 3 heterocycles. The van der Waals surface area contributed by atoms with Crippen molar-refractivity contribution in [2.45, 2.75) is 6.92 Å². The summed E-state index contributed by atoms with van der Waals surface area (Å²) in [5.41, 5.74) is 3.90. The smallest absolute Gasteiger partial charge is 0.284 e. The van der Waals surface area contributed by atoms with Crippen LogP contribution in [0.15, 0.2) is 70.4 Å². The molecule has 0 aromatic heterocycles. The van der Waals surface area contributed by atoms with Crippen molar-refractivity contribution in [2.75, 3.05) is 44.2 Å². The van der Waals surface area contributed by atoms with Crippen LogP contribution in [0.25, 0.3) is 0 Å². The summed E-state index contributed by atoms with van der Waals surface area (Å²) in [4.78, 5) is 29.2. The molecule has 0 spiro atoms. The van der Waals surface area contributed by atoms with Crippen LogP contribution in [0, 0.1) is 0 Å².